The molecule has 98 valence electrons. The fraction of sp³-hybridized carbons (Fsp3) is 0.500. The highest BCUT2D eigenvalue weighted by molar-refractivity contribution is 8.00. The van der Waals surface area contributed by atoms with E-state index < -0.39 is 0 Å². The normalized spacial score (nSPS) is 17.7. The van der Waals surface area contributed by atoms with Gasteiger partial charge in [0, 0.05) is 24.0 Å². The van der Waals surface area contributed by atoms with Crippen molar-refractivity contribution in [3.05, 3.63) is 29.6 Å². The molecule has 0 aliphatic heterocycles. The summed E-state index contributed by atoms with van der Waals surface area (Å²) >= 11 is 1.94. The molecule has 18 heavy (non-hydrogen) atoms. The van der Waals surface area contributed by atoms with Gasteiger partial charge in [-0.3, -0.25) is 4.98 Å². The second-order valence-electron chi connectivity index (χ2n) is 4.53. The Morgan fingerprint density at radius 1 is 1.67 bits per heavy atom. The first-order chi connectivity index (χ1) is 8.69. The minimum Gasteiger partial charge on any atom is -0.409 e. The van der Waals surface area contributed by atoms with Gasteiger partial charge < -0.3 is 16.3 Å². The van der Waals surface area contributed by atoms with Gasteiger partial charge in [-0.1, -0.05) is 5.16 Å². The Morgan fingerprint density at radius 3 is 3.06 bits per heavy atom. The quantitative estimate of drug-likeness (QED) is 0.311. The third-order valence-corrected chi connectivity index (χ3v) is 4.63. The van der Waals surface area contributed by atoms with E-state index in [1.807, 2.05) is 23.9 Å². The summed E-state index contributed by atoms with van der Waals surface area (Å²) in [6.45, 7) is 1.80. The maximum absolute atomic E-state index is 8.61. The zero-order valence-electron chi connectivity index (χ0n) is 10.4. The molecule has 5 nitrogen and oxygen atoms in total. The lowest BCUT2D eigenvalue weighted by Gasteiger charge is -2.13. The van der Waals surface area contributed by atoms with Gasteiger partial charge in [0.25, 0.3) is 0 Å². The van der Waals surface area contributed by atoms with Gasteiger partial charge >= 0.3 is 0 Å². The summed E-state index contributed by atoms with van der Waals surface area (Å²) < 4.78 is 0.460. The number of nitrogens with two attached hydrogens (primary N) is 1. The molecule has 0 aromatic carbocycles. The van der Waals surface area contributed by atoms with E-state index in [0.717, 1.165) is 18.7 Å². The van der Waals surface area contributed by atoms with Crippen molar-refractivity contribution in [3.63, 3.8) is 0 Å². The molecule has 0 atom stereocenters. The zero-order chi connectivity index (χ0) is 13.0. The van der Waals surface area contributed by atoms with Gasteiger partial charge in [0.15, 0.2) is 5.84 Å². The second kappa shape index (κ2) is 5.58. The van der Waals surface area contributed by atoms with Crippen molar-refractivity contribution in [2.45, 2.75) is 24.1 Å². The number of nitrogens with one attached hydrogen (secondary N) is 1. The summed E-state index contributed by atoms with van der Waals surface area (Å²) in [5.41, 5.74) is 7.10. The summed E-state index contributed by atoms with van der Waals surface area (Å²) in [5.74, 6) is 0.0413. The lowest BCUT2D eigenvalue weighted by Crippen LogP contribution is -2.25. The predicted octanol–water partition coefficient (Wildman–Crippen LogP) is 1.16. The molecular weight excluding hydrogens is 248 g/mol. The molecule has 0 saturated heterocycles. The second-order valence-corrected chi connectivity index (χ2v) is 5.80. The molecule has 6 heteroatoms. The van der Waals surface area contributed by atoms with E-state index >= 15 is 0 Å². The predicted molar refractivity (Wildman–Crippen MR) is 73.9 cm³/mol. The van der Waals surface area contributed by atoms with Gasteiger partial charge in [-0.05, 0) is 36.8 Å². The van der Waals surface area contributed by atoms with Crippen LogP contribution in [0.4, 0.5) is 0 Å². The van der Waals surface area contributed by atoms with E-state index in [-0.39, 0.29) is 5.84 Å². The van der Waals surface area contributed by atoms with Crippen LogP contribution in [0.5, 0.6) is 0 Å². The van der Waals surface area contributed by atoms with Crippen LogP contribution in [-0.4, -0.2) is 33.6 Å². The topological polar surface area (TPSA) is 83.5 Å². The summed E-state index contributed by atoms with van der Waals surface area (Å²) in [7, 11) is 0. The maximum Gasteiger partial charge on any atom is 0.188 e. The average molecular weight is 266 g/mol. The fourth-order valence-electron chi connectivity index (χ4n) is 1.80. The van der Waals surface area contributed by atoms with Gasteiger partial charge in [0.2, 0.25) is 0 Å². The molecule has 2 rings (SSSR count). The lowest BCUT2D eigenvalue weighted by atomic mass is 10.2. The molecule has 0 unspecified atom stereocenters. The number of pyridine rings is 1. The highest BCUT2D eigenvalue weighted by Gasteiger charge is 2.41. The number of rotatable bonds is 6. The Kier molecular flexibility index (Phi) is 4.08. The monoisotopic (exact) mass is 266 g/mol. The molecule has 1 aliphatic carbocycles. The number of hydrogen-bond acceptors (Lipinski definition) is 5. The van der Waals surface area contributed by atoms with E-state index in [4.69, 9.17) is 10.9 Å². The first-order valence-electron chi connectivity index (χ1n) is 5.88. The van der Waals surface area contributed by atoms with Gasteiger partial charge in [-0.2, -0.15) is 11.8 Å². The largest absolute Gasteiger partial charge is 0.409 e. The lowest BCUT2D eigenvalue weighted by molar-refractivity contribution is 0.318. The number of thioether (sulfide) groups is 1. The van der Waals surface area contributed by atoms with Gasteiger partial charge in [-0.15, -0.1) is 0 Å². The van der Waals surface area contributed by atoms with Crippen LogP contribution in [-0.2, 0) is 6.54 Å². The Labute approximate surface area is 111 Å². The van der Waals surface area contributed by atoms with Crippen LogP contribution in [0, 0.1) is 0 Å². The number of nitrogens with zero attached hydrogens (tertiary/aromatic N) is 2. The zero-order valence-corrected chi connectivity index (χ0v) is 11.2. The molecular formula is C12H18N4OS. The summed E-state index contributed by atoms with van der Waals surface area (Å²) in [4.78, 5) is 4.05. The van der Waals surface area contributed by atoms with Crippen LogP contribution in [0.1, 0.15) is 24.1 Å². The first-order valence-corrected chi connectivity index (χ1v) is 7.10. The molecule has 1 saturated carbocycles. The van der Waals surface area contributed by atoms with E-state index in [9.17, 15) is 0 Å². The van der Waals surface area contributed by atoms with Crippen molar-refractivity contribution in [1.82, 2.24) is 10.3 Å². The number of aromatic nitrogens is 1. The van der Waals surface area contributed by atoms with E-state index in [2.05, 4.69) is 21.7 Å². The number of amidine groups is 1. The van der Waals surface area contributed by atoms with Crippen LogP contribution >= 0.6 is 11.8 Å². The minimum atomic E-state index is 0.0413. The van der Waals surface area contributed by atoms with Crippen molar-refractivity contribution in [2.75, 3.05) is 12.8 Å². The maximum atomic E-state index is 8.61. The molecule has 1 heterocycles. The van der Waals surface area contributed by atoms with Crippen molar-refractivity contribution >= 4 is 17.6 Å². The van der Waals surface area contributed by atoms with Crippen molar-refractivity contribution in [3.8, 4) is 0 Å². The third-order valence-electron chi connectivity index (χ3n) is 3.21. The first kappa shape index (κ1) is 13.2. The molecule has 1 aliphatic rings. The highest BCUT2D eigenvalue weighted by atomic mass is 32.2. The average Bonchev–Trinajstić information content (AvgIpc) is 3.19. The molecule has 0 bridgehead atoms. The SMILES string of the molecule is CSC1(CNCc2ccnc(/C(N)=N/O)c2)CC1. The van der Waals surface area contributed by atoms with Gasteiger partial charge in [0.1, 0.15) is 5.69 Å². The van der Waals surface area contributed by atoms with Crippen molar-refractivity contribution in [1.29, 1.82) is 0 Å². The summed E-state index contributed by atoms with van der Waals surface area (Å²) in [6.07, 6.45) is 6.43. The molecule has 1 aromatic rings. The molecule has 0 radical (unpaired) electrons. The van der Waals surface area contributed by atoms with Crippen LogP contribution in [0.15, 0.2) is 23.5 Å². The van der Waals surface area contributed by atoms with E-state index in [1.165, 1.54) is 12.8 Å². The van der Waals surface area contributed by atoms with E-state index in [1.54, 1.807) is 6.20 Å². The number of oxime groups is 1. The Bertz CT molecular complexity index is 445. The molecule has 4 N–H and O–H groups in total. The van der Waals surface area contributed by atoms with Crippen molar-refractivity contribution < 1.29 is 5.21 Å². The molecule has 0 amide bonds. The Hall–Kier alpha value is -1.27. The minimum absolute atomic E-state index is 0.0413. The van der Waals surface area contributed by atoms with E-state index in [0.29, 0.717) is 10.4 Å². The van der Waals surface area contributed by atoms with Gasteiger partial charge in [-0.25, -0.2) is 0 Å². The van der Waals surface area contributed by atoms with Gasteiger partial charge in [0.05, 0.1) is 0 Å². The molecule has 0 spiro atoms. The highest BCUT2D eigenvalue weighted by Crippen LogP contribution is 2.46. The Balaban J connectivity index is 1.89. The third kappa shape index (κ3) is 3.14. The molecule has 1 fully saturated rings. The summed E-state index contributed by atoms with van der Waals surface area (Å²) in [5, 5.41) is 15.0. The standard InChI is InChI=1S/C12H18N4OS/c1-18-12(3-4-12)8-14-7-9-2-5-15-10(6-9)11(13)16-17/h2,5-6,14,17H,3-4,7-8H2,1H3,(H2,13,16). The molecule has 1 aromatic heterocycles. The van der Waals surface area contributed by atoms with Crippen LogP contribution in [0.25, 0.3) is 0 Å². The summed E-state index contributed by atoms with van der Waals surface area (Å²) in [6, 6.07) is 3.76. The number of hydrogen-bond donors (Lipinski definition) is 3. The van der Waals surface area contributed by atoms with Crippen LogP contribution in [0.3, 0.4) is 0 Å². The van der Waals surface area contributed by atoms with Crippen LogP contribution < -0.4 is 11.1 Å². The smallest absolute Gasteiger partial charge is 0.188 e. The van der Waals surface area contributed by atoms with Crippen molar-refractivity contribution in [2.24, 2.45) is 10.9 Å². The Morgan fingerprint density at radius 2 is 2.44 bits per heavy atom. The fourth-order valence-corrected chi connectivity index (χ4v) is 2.56. The van der Waals surface area contributed by atoms with Crippen LogP contribution in [0.2, 0.25) is 0 Å².